The van der Waals surface area contributed by atoms with Gasteiger partial charge in [0.05, 0.1) is 13.7 Å². The van der Waals surface area contributed by atoms with Crippen molar-refractivity contribution < 1.29 is 13.9 Å². The van der Waals surface area contributed by atoms with Gasteiger partial charge in [0.2, 0.25) is 5.91 Å². The lowest BCUT2D eigenvalue weighted by Gasteiger charge is -2.18. The Morgan fingerprint density at radius 3 is 2.73 bits per heavy atom. The van der Waals surface area contributed by atoms with E-state index in [0.29, 0.717) is 12.2 Å². The maximum Gasteiger partial charge on any atom is 0.238 e. The molecule has 2 rings (SSSR count). The van der Waals surface area contributed by atoms with Gasteiger partial charge in [-0.2, -0.15) is 0 Å². The lowest BCUT2D eigenvalue weighted by Crippen LogP contribution is -2.30. The van der Waals surface area contributed by atoms with Gasteiger partial charge in [-0.25, -0.2) is 4.39 Å². The molecule has 0 spiro atoms. The van der Waals surface area contributed by atoms with Crippen molar-refractivity contribution >= 4 is 11.6 Å². The van der Waals surface area contributed by atoms with Crippen molar-refractivity contribution in [1.82, 2.24) is 4.90 Å². The maximum absolute atomic E-state index is 13.1. The van der Waals surface area contributed by atoms with Crippen LogP contribution in [0.3, 0.4) is 0 Å². The Morgan fingerprint density at radius 1 is 1.23 bits per heavy atom. The van der Waals surface area contributed by atoms with Gasteiger partial charge in [-0.1, -0.05) is 24.3 Å². The molecule has 2 aromatic rings. The molecule has 0 fully saturated rings. The molecule has 0 aliphatic rings. The normalized spacial score (nSPS) is 10.5. The molecule has 0 aliphatic heterocycles. The lowest BCUT2D eigenvalue weighted by atomic mass is 10.2. The summed E-state index contributed by atoms with van der Waals surface area (Å²) in [6, 6.07) is 13.5. The highest BCUT2D eigenvalue weighted by molar-refractivity contribution is 5.92. The quantitative estimate of drug-likeness (QED) is 0.892. The van der Waals surface area contributed by atoms with Crippen molar-refractivity contribution in [3.05, 3.63) is 59.9 Å². The SMILES string of the molecule is COc1ccccc1CN(C)CC(=O)Nc1cccc(F)c1. The number of ether oxygens (including phenoxy) is 1. The molecule has 0 aromatic heterocycles. The van der Waals surface area contributed by atoms with Crippen molar-refractivity contribution in [2.45, 2.75) is 6.54 Å². The van der Waals surface area contributed by atoms with E-state index in [1.807, 2.05) is 36.2 Å². The first kappa shape index (κ1) is 16.0. The van der Waals surface area contributed by atoms with Crippen LogP contribution in [0.2, 0.25) is 0 Å². The van der Waals surface area contributed by atoms with Crippen molar-refractivity contribution in [3.63, 3.8) is 0 Å². The molecule has 116 valence electrons. The minimum atomic E-state index is -0.375. The number of rotatable bonds is 6. The molecular formula is C17H19FN2O2. The first-order valence-corrected chi connectivity index (χ1v) is 6.94. The Labute approximate surface area is 129 Å². The van der Waals surface area contributed by atoms with Crippen LogP contribution in [-0.2, 0) is 11.3 Å². The number of amides is 1. The van der Waals surface area contributed by atoms with Crippen LogP contribution in [-0.4, -0.2) is 31.5 Å². The average molecular weight is 302 g/mol. The van der Waals surface area contributed by atoms with E-state index in [9.17, 15) is 9.18 Å². The van der Waals surface area contributed by atoms with Crippen LogP contribution in [0.15, 0.2) is 48.5 Å². The second-order valence-corrected chi connectivity index (χ2v) is 5.04. The van der Waals surface area contributed by atoms with Gasteiger partial charge in [0.1, 0.15) is 11.6 Å². The van der Waals surface area contributed by atoms with Crippen LogP contribution in [0.1, 0.15) is 5.56 Å². The molecule has 5 heteroatoms. The molecule has 0 saturated carbocycles. The van der Waals surface area contributed by atoms with Crippen molar-refractivity contribution in [2.75, 3.05) is 26.0 Å². The summed E-state index contributed by atoms with van der Waals surface area (Å²) >= 11 is 0. The summed E-state index contributed by atoms with van der Waals surface area (Å²) in [5.41, 5.74) is 1.46. The number of anilines is 1. The Bertz CT molecular complexity index is 646. The summed E-state index contributed by atoms with van der Waals surface area (Å²) in [6.07, 6.45) is 0. The van der Waals surface area contributed by atoms with Crippen LogP contribution >= 0.6 is 0 Å². The van der Waals surface area contributed by atoms with E-state index in [0.717, 1.165) is 11.3 Å². The average Bonchev–Trinajstić information content (AvgIpc) is 2.47. The summed E-state index contributed by atoms with van der Waals surface area (Å²) in [5.74, 6) is 0.225. The summed E-state index contributed by atoms with van der Waals surface area (Å²) in [7, 11) is 3.47. The highest BCUT2D eigenvalue weighted by Gasteiger charge is 2.10. The minimum absolute atomic E-state index is 0.192. The van der Waals surface area contributed by atoms with Gasteiger partial charge in [0.15, 0.2) is 0 Å². The van der Waals surface area contributed by atoms with E-state index < -0.39 is 0 Å². The smallest absolute Gasteiger partial charge is 0.238 e. The van der Waals surface area contributed by atoms with E-state index in [-0.39, 0.29) is 18.3 Å². The fourth-order valence-corrected chi connectivity index (χ4v) is 2.19. The monoisotopic (exact) mass is 302 g/mol. The largest absolute Gasteiger partial charge is 0.496 e. The summed E-state index contributed by atoms with van der Waals surface area (Å²) in [5, 5.41) is 2.68. The zero-order chi connectivity index (χ0) is 15.9. The number of benzene rings is 2. The molecule has 0 atom stereocenters. The third-order valence-electron chi connectivity index (χ3n) is 3.15. The third kappa shape index (κ3) is 4.56. The molecule has 2 aromatic carbocycles. The molecule has 4 nitrogen and oxygen atoms in total. The Hall–Kier alpha value is -2.40. The highest BCUT2D eigenvalue weighted by Crippen LogP contribution is 2.18. The molecule has 1 amide bonds. The van der Waals surface area contributed by atoms with Crippen LogP contribution in [0, 0.1) is 5.82 Å². The number of nitrogens with one attached hydrogen (secondary N) is 1. The molecule has 0 aliphatic carbocycles. The number of nitrogens with zero attached hydrogens (tertiary/aromatic N) is 1. The van der Waals surface area contributed by atoms with Crippen molar-refractivity contribution in [2.24, 2.45) is 0 Å². The Morgan fingerprint density at radius 2 is 2.00 bits per heavy atom. The Kier molecular flexibility index (Phi) is 5.49. The van der Waals surface area contributed by atoms with E-state index in [4.69, 9.17) is 4.74 Å². The van der Waals surface area contributed by atoms with Gasteiger partial charge in [-0.05, 0) is 31.3 Å². The van der Waals surface area contributed by atoms with E-state index >= 15 is 0 Å². The van der Waals surface area contributed by atoms with Gasteiger partial charge in [-0.3, -0.25) is 9.69 Å². The standard InChI is InChI=1S/C17H19FN2O2/c1-20(11-13-6-3-4-9-16(13)22-2)12-17(21)19-15-8-5-7-14(18)10-15/h3-10H,11-12H2,1-2H3,(H,19,21). The summed E-state index contributed by atoms with van der Waals surface area (Å²) in [4.78, 5) is 13.8. The molecule has 22 heavy (non-hydrogen) atoms. The highest BCUT2D eigenvalue weighted by atomic mass is 19.1. The van der Waals surface area contributed by atoms with Crippen LogP contribution in [0.4, 0.5) is 10.1 Å². The van der Waals surface area contributed by atoms with E-state index in [1.54, 1.807) is 19.2 Å². The van der Waals surface area contributed by atoms with Crippen LogP contribution in [0.5, 0.6) is 5.75 Å². The number of hydrogen-bond acceptors (Lipinski definition) is 3. The van der Waals surface area contributed by atoms with E-state index in [1.165, 1.54) is 12.1 Å². The van der Waals surface area contributed by atoms with Crippen molar-refractivity contribution in [3.8, 4) is 5.75 Å². The first-order valence-electron chi connectivity index (χ1n) is 6.94. The minimum Gasteiger partial charge on any atom is -0.496 e. The second-order valence-electron chi connectivity index (χ2n) is 5.04. The molecule has 0 saturated heterocycles. The predicted octanol–water partition coefficient (Wildman–Crippen LogP) is 2.90. The number of likely N-dealkylation sites (N-methyl/N-ethyl adjacent to an activating group) is 1. The molecule has 0 heterocycles. The molecule has 1 N–H and O–H groups in total. The zero-order valence-electron chi connectivity index (χ0n) is 12.7. The zero-order valence-corrected chi connectivity index (χ0v) is 12.7. The topological polar surface area (TPSA) is 41.6 Å². The first-order chi connectivity index (χ1) is 10.6. The van der Waals surface area contributed by atoms with Crippen molar-refractivity contribution in [1.29, 1.82) is 0 Å². The van der Waals surface area contributed by atoms with Gasteiger partial charge >= 0.3 is 0 Å². The summed E-state index contributed by atoms with van der Waals surface area (Å²) < 4.78 is 18.4. The third-order valence-corrected chi connectivity index (χ3v) is 3.15. The Balaban J connectivity index is 1.91. The van der Waals surface area contributed by atoms with Gasteiger partial charge in [-0.15, -0.1) is 0 Å². The molecule has 0 bridgehead atoms. The number of carbonyl (C=O) groups excluding carboxylic acids is 1. The molecular weight excluding hydrogens is 283 g/mol. The lowest BCUT2D eigenvalue weighted by molar-refractivity contribution is -0.117. The van der Waals surface area contributed by atoms with Gasteiger partial charge in [0.25, 0.3) is 0 Å². The number of carbonyl (C=O) groups is 1. The number of methoxy groups -OCH3 is 1. The van der Waals surface area contributed by atoms with E-state index in [2.05, 4.69) is 5.32 Å². The predicted molar refractivity (Wildman–Crippen MR) is 84.4 cm³/mol. The summed E-state index contributed by atoms with van der Waals surface area (Å²) in [6.45, 7) is 0.787. The second kappa shape index (κ2) is 7.56. The molecule has 0 unspecified atom stereocenters. The van der Waals surface area contributed by atoms with Crippen LogP contribution in [0.25, 0.3) is 0 Å². The molecule has 0 radical (unpaired) electrons. The number of hydrogen-bond donors (Lipinski definition) is 1. The number of halogens is 1. The number of para-hydroxylation sites is 1. The van der Waals surface area contributed by atoms with Gasteiger partial charge < -0.3 is 10.1 Å². The maximum atomic E-state index is 13.1. The fourth-order valence-electron chi connectivity index (χ4n) is 2.19. The van der Waals surface area contributed by atoms with Crippen LogP contribution < -0.4 is 10.1 Å². The fraction of sp³-hybridized carbons (Fsp3) is 0.235. The van der Waals surface area contributed by atoms with Gasteiger partial charge in [0, 0.05) is 17.8 Å².